The summed E-state index contributed by atoms with van der Waals surface area (Å²) in [4.78, 5) is 9.62. The van der Waals surface area contributed by atoms with Gasteiger partial charge in [-0.05, 0) is 60.9 Å². The molecule has 3 aromatic carbocycles. The van der Waals surface area contributed by atoms with E-state index in [1.54, 1.807) is 12.1 Å². The van der Waals surface area contributed by atoms with Gasteiger partial charge in [0, 0.05) is 5.02 Å². The number of para-hydroxylation sites is 4. The van der Waals surface area contributed by atoms with Crippen molar-refractivity contribution >= 4 is 49.5 Å². The van der Waals surface area contributed by atoms with Gasteiger partial charge in [-0.3, -0.25) is 4.55 Å². The van der Waals surface area contributed by atoms with Crippen molar-refractivity contribution < 1.29 is 13.3 Å². The Morgan fingerprint density at radius 2 is 1.66 bits per heavy atom. The van der Waals surface area contributed by atoms with Crippen molar-refractivity contribution in [2.75, 3.05) is 0 Å². The van der Waals surface area contributed by atoms with Gasteiger partial charge in [0.25, 0.3) is 12.1 Å². The molecule has 5 aromatic rings. The van der Waals surface area contributed by atoms with E-state index in [2.05, 4.69) is 33.8 Å². The predicted octanol–water partition coefficient (Wildman–Crippen LogP) is 6.19. The van der Waals surface area contributed by atoms with Crippen molar-refractivity contribution in [1.82, 2.24) is 14.5 Å². The van der Waals surface area contributed by atoms with Crippen LogP contribution in [0.25, 0.3) is 27.9 Å². The minimum absolute atomic E-state index is 0.0860. The molecule has 35 heavy (non-hydrogen) atoms. The van der Waals surface area contributed by atoms with Crippen LogP contribution < -0.4 is 4.57 Å². The number of nitrogens with zero attached hydrogens (tertiary/aromatic N) is 5. The second-order valence-corrected chi connectivity index (χ2v) is 10.8. The first-order valence-electron chi connectivity index (χ1n) is 11.3. The van der Waals surface area contributed by atoms with E-state index in [9.17, 15) is 8.76 Å². The number of rotatable bonds is 6. The largest absolute Gasteiger partial charge is 0.296 e. The fourth-order valence-electron chi connectivity index (χ4n) is 3.90. The minimum atomic E-state index is -3.80. The zero-order valence-corrected chi connectivity index (χ0v) is 20.9. The molecule has 9 heteroatoms. The highest BCUT2D eigenvalue weighted by Crippen LogP contribution is 2.28. The van der Waals surface area contributed by atoms with Crippen LogP contribution in [0.3, 0.4) is 0 Å². The average Bonchev–Trinajstić information content (AvgIpc) is 3.21. The Balaban J connectivity index is 1.76. The first-order chi connectivity index (χ1) is 16.8. The summed E-state index contributed by atoms with van der Waals surface area (Å²) in [5.41, 5.74) is 3.21. The summed E-state index contributed by atoms with van der Waals surface area (Å²) in [5.74, 6) is 1.02. The smallest absolute Gasteiger partial charge is 0.273 e. The van der Waals surface area contributed by atoms with Gasteiger partial charge in [-0.15, -0.1) is 4.36 Å². The highest BCUT2D eigenvalue weighted by Gasteiger charge is 2.24. The molecule has 0 aliphatic heterocycles. The van der Waals surface area contributed by atoms with E-state index in [0.717, 1.165) is 24.0 Å². The van der Waals surface area contributed by atoms with Crippen LogP contribution in [0.1, 0.15) is 20.3 Å². The Bertz CT molecular complexity index is 1650. The Hall–Kier alpha value is -3.33. The summed E-state index contributed by atoms with van der Waals surface area (Å²) in [6, 6.07) is 21.5. The molecule has 178 valence electrons. The molecule has 0 amide bonds. The van der Waals surface area contributed by atoms with Crippen molar-refractivity contribution in [2.45, 2.75) is 31.7 Å². The summed E-state index contributed by atoms with van der Waals surface area (Å²) in [6.45, 7) is 5.22. The fraction of sp³-hybridized carbons (Fsp3) is 0.192. The van der Waals surface area contributed by atoms with Gasteiger partial charge in [0.15, 0.2) is 21.0 Å². The minimum Gasteiger partial charge on any atom is -0.296 e. The van der Waals surface area contributed by atoms with E-state index in [1.807, 2.05) is 53.4 Å². The van der Waals surface area contributed by atoms with E-state index in [4.69, 9.17) is 16.6 Å². The summed E-state index contributed by atoms with van der Waals surface area (Å²) in [7, 11) is -3.80. The maximum absolute atomic E-state index is 13.3. The molecule has 0 saturated carbocycles. The summed E-state index contributed by atoms with van der Waals surface area (Å²) in [5, 5.41) is 0.472. The number of aryl methyl sites for hydroxylation is 1. The van der Waals surface area contributed by atoms with Gasteiger partial charge in [-0.25, -0.2) is 18.7 Å². The van der Waals surface area contributed by atoms with Crippen LogP contribution in [0.4, 0.5) is 5.82 Å². The van der Waals surface area contributed by atoms with Gasteiger partial charge in [0.05, 0.1) is 22.5 Å². The number of imidazole rings is 1. The fourth-order valence-corrected chi connectivity index (χ4v) is 4.98. The first kappa shape index (κ1) is 23.4. The summed E-state index contributed by atoms with van der Waals surface area (Å²) in [6.07, 6.45) is 2.98. The maximum atomic E-state index is 13.3. The Morgan fingerprint density at radius 1 is 1.00 bits per heavy atom. The molecule has 1 atom stereocenters. The molecule has 0 bridgehead atoms. The van der Waals surface area contributed by atoms with Crippen LogP contribution in [0, 0.1) is 5.92 Å². The molecule has 2 aromatic heterocycles. The molecule has 0 radical (unpaired) electrons. The van der Waals surface area contributed by atoms with Crippen molar-refractivity contribution in [3.63, 3.8) is 0 Å². The topological polar surface area (TPSA) is 84.3 Å². The Kier molecular flexibility index (Phi) is 6.27. The third-order valence-corrected chi connectivity index (χ3v) is 7.31. The van der Waals surface area contributed by atoms with E-state index in [-0.39, 0.29) is 10.7 Å². The summed E-state index contributed by atoms with van der Waals surface area (Å²) >= 11 is 5.96. The molecule has 0 fully saturated rings. The lowest BCUT2D eigenvalue weighted by molar-refractivity contribution is -0.673. The molecule has 7 nitrogen and oxygen atoms in total. The molecule has 2 heterocycles. The lowest BCUT2D eigenvalue weighted by Crippen LogP contribution is -2.32. The molecule has 0 aliphatic rings. The lowest BCUT2D eigenvalue weighted by atomic mass is 10.1. The molecule has 0 spiro atoms. The zero-order chi connectivity index (χ0) is 24.6. The third kappa shape index (κ3) is 4.77. The van der Waals surface area contributed by atoms with E-state index >= 15 is 0 Å². The normalized spacial score (nSPS) is 13.4. The quantitative estimate of drug-likeness (QED) is 0.278. The maximum Gasteiger partial charge on any atom is 0.273 e. The predicted molar refractivity (Wildman–Crippen MR) is 139 cm³/mol. The monoisotopic (exact) mass is 506 g/mol. The van der Waals surface area contributed by atoms with Gasteiger partial charge in [0.1, 0.15) is 0 Å². The van der Waals surface area contributed by atoms with Gasteiger partial charge in [0.2, 0.25) is 5.82 Å². The number of benzene rings is 3. The second-order valence-electron chi connectivity index (χ2n) is 8.75. The molecular formula is C26H25ClN5O2S+. The standard InChI is InChI=1S/C26H24ClN5O2S/c1-18(2)15-16-31-17-32(24-10-6-5-9-23(24)31)26-25(28-21-7-3-4-8-22(21)29-26)30-35(33,34)20-13-11-19(27)12-14-20/h3-14,17-18H,15-16H2,1-2H3/p+1. The summed E-state index contributed by atoms with van der Waals surface area (Å²) < 4.78 is 32.5. The van der Waals surface area contributed by atoms with E-state index < -0.39 is 10.0 Å². The van der Waals surface area contributed by atoms with Gasteiger partial charge in [-0.2, -0.15) is 4.57 Å². The van der Waals surface area contributed by atoms with Crippen LogP contribution in [0.15, 0.2) is 88.4 Å². The molecular weight excluding hydrogens is 482 g/mol. The molecule has 1 unspecified atom stereocenters. The third-order valence-electron chi connectivity index (χ3n) is 5.75. The number of halogens is 1. The molecule has 1 N–H and O–H groups in total. The average molecular weight is 507 g/mol. The van der Waals surface area contributed by atoms with Crippen molar-refractivity contribution in [1.29, 1.82) is 0 Å². The highest BCUT2D eigenvalue weighted by atomic mass is 35.5. The van der Waals surface area contributed by atoms with Gasteiger partial charge in [-0.1, -0.05) is 49.7 Å². The second kappa shape index (κ2) is 9.37. The SMILES string of the molecule is CC(C)CC[n+]1cn(-c2nc3ccccc3nc2N=S(=O)(O)c2ccc(Cl)cc2)c2ccccc21. The van der Waals surface area contributed by atoms with E-state index in [1.165, 1.54) is 12.1 Å². The highest BCUT2D eigenvalue weighted by molar-refractivity contribution is 7.88. The number of aromatic nitrogens is 4. The van der Waals surface area contributed by atoms with Crippen LogP contribution in [0.2, 0.25) is 5.02 Å². The molecule has 5 rings (SSSR count). The van der Waals surface area contributed by atoms with Crippen LogP contribution in [0.5, 0.6) is 0 Å². The lowest BCUT2D eigenvalue weighted by Gasteiger charge is -2.06. The first-order valence-corrected chi connectivity index (χ1v) is 13.2. The Labute approximate surface area is 209 Å². The van der Waals surface area contributed by atoms with Crippen molar-refractivity contribution in [2.24, 2.45) is 10.3 Å². The number of hydrogen-bond acceptors (Lipinski definition) is 4. The molecule has 0 saturated heterocycles. The number of fused-ring (bicyclic) bond motifs is 2. The van der Waals surface area contributed by atoms with Crippen LogP contribution in [-0.4, -0.2) is 23.3 Å². The van der Waals surface area contributed by atoms with Gasteiger partial charge < -0.3 is 0 Å². The van der Waals surface area contributed by atoms with E-state index in [0.29, 0.717) is 27.8 Å². The van der Waals surface area contributed by atoms with Crippen LogP contribution in [-0.2, 0) is 16.6 Å². The van der Waals surface area contributed by atoms with Crippen molar-refractivity contribution in [3.05, 3.63) is 84.1 Å². The van der Waals surface area contributed by atoms with Gasteiger partial charge >= 0.3 is 0 Å². The number of hydrogen-bond donors (Lipinski definition) is 1. The molecule has 0 aliphatic carbocycles. The Morgan fingerprint density at radius 3 is 2.37 bits per heavy atom. The van der Waals surface area contributed by atoms with Crippen LogP contribution >= 0.6 is 11.6 Å². The zero-order valence-electron chi connectivity index (χ0n) is 19.4. The van der Waals surface area contributed by atoms with Crippen molar-refractivity contribution in [3.8, 4) is 5.82 Å².